The Bertz CT molecular complexity index is 3360. The summed E-state index contributed by atoms with van der Waals surface area (Å²) in [5, 5.41) is 31.6. The third-order valence-corrected chi connectivity index (χ3v) is 17.6. The van der Waals surface area contributed by atoms with E-state index in [1.807, 2.05) is 39.8 Å². The van der Waals surface area contributed by atoms with Crippen LogP contribution >= 0.6 is 0 Å². The Morgan fingerprint density at radius 1 is 0.904 bits per heavy atom. The standard InChI is InChI=1S/C66H78F2N8O7/c1-6-49-53(67)30-27-43-32-46(77)33-51(56(43)49)58-57(68)59-52(35-69-58)61(75-36-44-28-29-45(37-75)70-44)73-65(72-59)83-48-20-16-19-40(31-48)18-13-11-9-7-8-10-12-14-22-55(79)71-60(66(3,4)5)64(82)76-38-47(78)34-54(76)63(81)74-62(80)42-25-23-41(24-26-42)50-21-15-17-39(50)2/h1,15,17,23-27,30,32-33,35,40,44-45,47-48,54,60,70,77-78H,7-14,16,18-22,28-29,31,34,36-38H2,2-5H3,(H,71,79)(H,74,80,81)/t40?,44?,45?,47-,48?,54+,60?/m1/s1. The average molecular weight is 1130 g/mol. The van der Waals surface area contributed by atoms with Crippen molar-refractivity contribution in [3.05, 3.63) is 101 Å². The van der Waals surface area contributed by atoms with Crippen LogP contribution in [0.4, 0.5) is 14.6 Å². The molecule has 3 aliphatic heterocycles. The molecule has 0 spiro atoms. The van der Waals surface area contributed by atoms with Gasteiger partial charge in [-0.3, -0.25) is 29.5 Å². The Kier molecular flexibility index (Phi) is 18.2. The molecule has 2 aliphatic carbocycles. The SMILES string of the molecule is C#Cc1c(F)ccc2cc(O)cc(-c3ncc4c(N5CC6CCC(C5)N6)nc(OC5CCCC(CCCCCCCCCCC(=O)NC(C(=O)N6C[C@H](O)C[C@H]6C(=O)NC(=O)c6ccc(C7=C(C)C=CC7)cc6)C(C)(C)C)C5)nc4c3F)c12. The molecule has 17 heteroatoms. The molecule has 5 aliphatic rings. The van der Waals surface area contributed by atoms with Crippen LogP contribution in [0.25, 0.3) is 38.5 Å². The number of aliphatic hydroxyl groups is 1. The topological polar surface area (TPSA) is 199 Å². The van der Waals surface area contributed by atoms with E-state index in [0.717, 1.165) is 102 Å². The minimum atomic E-state index is -1.07. The lowest BCUT2D eigenvalue weighted by molar-refractivity contribution is -0.143. The van der Waals surface area contributed by atoms with Crippen LogP contribution in [0.3, 0.4) is 0 Å². The summed E-state index contributed by atoms with van der Waals surface area (Å²) in [5.41, 5.74) is 3.00. The number of aromatic hydroxyl groups is 1. The number of unbranched alkanes of at least 4 members (excludes halogenated alkanes) is 7. The molecule has 83 heavy (non-hydrogen) atoms. The Hall–Kier alpha value is -7.29. The number of phenols is 1. The molecule has 10 rings (SSSR count). The van der Waals surface area contributed by atoms with E-state index in [4.69, 9.17) is 21.1 Å². The first-order chi connectivity index (χ1) is 39.9. The number of anilines is 1. The van der Waals surface area contributed by atoms with Crippen LogP contribution in [-0.4, -0.2) is 110 Å². The molecule has 5 heterocycles. The van der Waals surface area contributed by atoms with E-state index in [1.165, 1.54) is 40.3 Å². The molecule has 5 N–H and O–H groups in total. The van der Waals surface area contributed by atoms with Gasteiger partial charge in [0.2, 0.25) is 17.7 Å². The number of hydrogen-bond donors (Lipinski definition) is 5. The number of fused-ring (bicyclic) bond motifs is 4. The number of piperazine rings is 1. The number of aliphatic hydroxyl groups excluding tert-OH is 1. The maximum Gasteiger partial charge on any atom is 0.319 e. The van der Waals surface area contributed by atoms with Crippen molar-refractivity contribution in [1.29, 1.82) is 0 Å². The number of carbonyl (C=O) groups excluding carboxylic acids is 4. The number of ether oxygens (including phenoxy) is 1. The number of halogens is 2. The number of imide groups is 1. The van der Waals surface area contributed by atoms with Crippen LogP contribution < -0.4 is 25.6 Å². The molecule has 5 unspecified atom stereocenters. The number of terminal acetylenes is 1. The number of hydrogen-bond acceptors (Lipinski definition) is 12. The average Bonchev–Trinajstić information content (AvgIpc) is 4.18. The molecule has 5 aromatic rings. The Morgan fingerprint density at radius 3 is 2.33 bits per heavy atom. The number of β-amino-alcohol motifs (C(OH)–C–C–N with tert-alkyl or cyclic N) is 1. The molecule has 1 saturated carbocycles. The van der Waals surface area contributed by atoms with E-state index < -0.39 is 53.0 Å². The monoisotopic (exact) mass is 1130 g/mol. The smallest absolute Gasteiger partial charge is 0.319 e. The van der Waals surface area contributed by atoms with Gasteiger partial charge in [-0.05, 0) is 116 Å². The number of pyridine rings is 1. The minimum absolute atomic E-state index is 0.0211. The maximum absolute atomic E-state index is 17.2. The van der Waals surface area contributed by atoms with Crippen molar-refractivity contribution < 1.29 is 42.9 Å². The van der Waals surface area contributed by atoms with Gasteiger partial charge in [0, 0.05) is 67.3 Å². The summed E-state index contributed by atoms with van der Waals surface area (Å²) >= 11 is 0. The van der Waals surface area contributed by atoms with Gasteiger partial charge in [0.05, 0.1) is 17.1 Å². The summed E-state index contributed by atoms with van der Waals surface area (Å²) in [7, 11) is 0. The lowest BCUT2D eigenvalue weighted by Crippen LogP contribution is -2.58. The van der Waals surface area contributed by atoms with E-state index >= 15 is 8.78 Å². The van der Waals surface area contributed by atoms with Crippen LogP contribution in [0.1, 0.15) is 165 Å². The van der Waals surface area contributed by atoms with Gasteiger partial charge in [0.1, 0.15) is 46.8 Å². The number of nitrogens with one attached hydrogen (secondary N) is 3. The fourth-order valence-corrected chi connectivity index (χ4v) is 13.2. The van der Waals surface area contributed by atoms with Gasteiger partial charge >= 0.3 is 6.01 Å². The largest absolute Gasteiger partial charge is 0.508 e. The lowest BCUT2D eigenvalue weighted by atomic mass is 9.84. The van der Waals surface area contributed by atoms with Crippen molar-refractivity contribution >= 4 is 56.7 Å². The first-order valence-corrected chi connectivity index (χ1v) is 30.0. The first-order valence-electron chi connectivity index (χ1n) is 30.0. The highest BCUT2D eigenvalue weighted by Gasteiger charge is 2.45. The fraction of sp³-hybridized carbons (Fsp3) is 0.500. The predicted molar refractivity (Wildman–Crippen MR) is 317 cm³/mol. The number of likely N-dealkylation sites (tertiary alicyclic amines) is 1. The van der Waals surface area contributed by atoms with Gasteiger partial charge < -0.3 is 35.4 Å². The molecule has 7 atom stereocenters. The normalized spacial score (nSPS) is 21.9. The number of carbonyl (C=O) groups is 4. The zero-order valence-electron chi connectivity index (χ0n) is 48.2. The fourth-order valence-electron chi connectivity index (χ4n) is 13.2. The predicted octanol–water partition coefficient (Wildman–Crippen LogP) is 10.8. The van der Waals surface area contributed by atoms with Gasteiger partial charge in [-0.15, -0.1) is 6.42 Å². The molecule has 3 saturated heterocycles. The van der Waals surface area contributed by atoms with E-state index in [2.05, 4.69) is 43.9 Å². The van der Waals surface area contributed by atoms with Crippen LogP contribution in [0.5, 0.6) is 11.8 Å². The highest BCUT2D eigenvalue weighted by molar-refractivity contribution is 6.07. The number of rotatable bonds is 20. The zero-order chi connectivity index (χ0) is 58.5. The van der Waals surface area contributed by atoms with Crippen LogP contribution in [0.2, 0.25) is 0 Å². The Morgan fingerprint density at radius 2 is 1.63 bits per heavy atom. The number of benzene rings is 3. The quantitative estimate of drug-likeness (QED) is 0.0281. The van der Waals surface area contributed by atoms with Crippen LogP contribution in [-0.2, 0) is 14.4 Å². The highest BCUT2D eigenvalue weighted by Crippen LogP contribution is 2.41. The van der Waals surface area contributed by atoms with E-state index in [9.17, 15) is 29.4 Å². The van der Waals surface area contributed by atoms with Crippen LogP contribution in [0, 0.1) is 35.3 Å². The molecule has 2 aromatic heterocycles. The van der Waals surface area contributed by atoms with Gasteiger partial charge in [0.25, 0.3) is 5.91 Å². The van der Waals surface area contributed by atoms with Crippen molar-refractivity contribution in [1.82, 2.24) is 35.8 Å². The maximum atomic E-state index is 17.2. The second kappa shape index (κ2) is 25.7. The van der Waals surface area contributed by atoms with Crippen molar-refractivity contribution in [2.24, 2.45) is 11.3 Å². The third-order valence-electron chi connectivity index (χ3n) is 17.6. The molecule has 438 valence electrons. The van der Waals surface area contributed by atoms with Gasteiger partial charge in [-0.2, -0.15) is 9.97 Å². The number of phenolic OH excluding ortho intramolecular Hbond substituents is 1. The van der Waals surface area contributed by atoms with Gasteiger partial charge in [0.15, 0.2) is 5.82 Å². The summed E-state index contributed by atoms with van der Waals surface area (Å²) < 4.78 is 38.8. The van der Waals surface area contributed by atoms with Crippen molar-refractivity contribution in [3.63, 3.8) is 0 Å². The van der Waals surface area contributed by atoms with Crippen molar-refractivity contribution in [2.75, 3.05) is 24.5 Å². The first kappa shape index (κ1) is 58.9. The lowest BCUT2D eigenvalue weighted by Gasteiger charge is -2.35. The molecular weight excluding hydrogens is 1050 g/mol. The number of allylic oxidation sites excluding steroid dienone is 4. The number of aromatic nitrogens is 3. The molecular formula is C66H78F2N8O7. The molecule has 4 fully saturated rings. The van der Waals surface area contributed by atoms with Gasteiger partial charge in [-0.1, -0.05) is 115 Å². The zero-order valence-corrected chi connectivity index (χ0v) is 48.2. The Balaban J connectivity index is 0.670. The Labute approximate surface area is 485 Å². The third kappa shape index (κ3) is 13.6. The van der Waals surface area contributed by atoms with E-state index in [-0.39, 0.29) is 83.0 Å². The second-order valence-electron chi connectivity index (χ2n) is 24.8. The molecule has 0 radical (unpaired) electrons. The summed E-state index contributed by atoms with van der Waals surface area (Å²) in [6.45, 7) is 8.90. The van der Waals surface area contributed by atoms with Crippen molar-refractivity contribution in [2.45, 2.75) is 180 Å². The molecule has 2 bridgehead atoms. The van der Waals surface area contributed by atoms with Crippen LogP contribution in [0.15, 0.2) is 72.5 Å². The number of amides is 4. The number of nitrogens with zero attached hydrogens (tertiary/aromatic N) is 5. The van der Waals surface area contributed by atoms with Gasteiger partial charge in [-0.25, -0.2) is 8.78 Å². The molecule has 15 nitrogen and oxygen atoms in total. The molecule has 4 amide bonds. The van der Waals surface area contributed by atoms with Crippen molar-refractivity contribution in [3.8, 4) is 35.4 Å². The summed E-state index contributed by atoms with van der Waals surface area (Å²) in [4.78, 5) is 71.9. The molecule has 3 aromatic carbocycles. The second-order valence-corrected chi connectivity index (χ2v) is 24.8. The highest BCUT2D eigenvalue weighted by atomic mass is 19.1. The van der Waals surface area contributed by atoms with E-state index in [1.54, 1.807) is 18.3 Å². The summed E-state index contributed by atoms with van der Waals surface area (Å²) in [6.07, 6.45) is 26.5. The van der Waals surface area contributed by atoms with E-state index in [0.29, 0.717) is 47.6 Å². The summed E-state index contributed by atoms with van der Waals surface area (Å²) in [5.74, 6) is -0.0493. The minimum Gasteiger partial charge on any atom is -0.508 e. The summed E-state index contributed by atoms with van der Waals surface area (Å²) in [6, 6.07) is 11.3.